The molecule has 2 aliphatic rings. The lowest BCUT2D eigenvalue weighted by Crippen LogP contribution is -2.30. The summed E-state index contributed by atoms with van der Waals surface area (Å²) in [6.07, 6.45) is -0.906. The Morgan fingerprint density at radius 2 is 2.14 bits per heavy atom. The summed E-state index contributed by atoms with van der Waals surface area (Å²) >= 11 is 0. The maximum Gasteiger partial charge on any atom is 0.268 e. The molecule has 0 spiro atoms. The van der Waals surface area contributed by atoms with Gasteiger partial charge in [-0.3, -0.25) is 9.13 Å². The number of nitrogen functional groups attached to an aromatic ring is 1. The first-order valence-corrected chi connectivity index (χ1v) is 7.83. The number of imidazole rings is 1. The Kier molecular flexibility index (Phi) is 2.98. The minimum Gasteiger partial charge on any atom is -0.756 e. The van der Waals surface area contributed by atoms with Crippen molar-refractivity contribution in [1.82, 2.24) is 19.5 Å². The molecule has 2 aromatic rings. The first kappa shape index (κ1) is 14.0. The highest BCUT2D eigenvalue weighted by Crippen LogP contribution is 2.55. The van der Waals surface area contributed by atoms with Crippen molar-refractivity contribution in [3.8, 4) is 0 Å². The van der Waals surface area contributed by atoms with E-state index in [9.17, 15) is 14.6 Å². The fourth-order valence-electron chi connectivity index (χ4n) is 2.70. The minimum absolute atomic E-state index is 0.190. The van der Waals surface area contributed by atoms with Crippen LogP contribution >= 0.6 is 7.82 Å². The zero-order chi connectivity index (χ0) is 15.5. The van der Waals surface area contributed by atoms with E-state index in [2.05, 4.69) is 15.0 Å². The Morgan fingerprint density at radius 1 is 1.36 bits per heavy atom. The number of hydrogen-bond acceptors (Lipinski definition) is 10. The Bertz CT molecular complexity index is 782. The lowest BCUT2D eigenvalue weighted by molar-refractivity contribution is -0.222. The number of nitrogens with two attached hydrogens (primary N) is 1. The van der Waals surface area contributed by atoms with Crippen molar-refractivity contribution in [2.75, 3.05) is 12.3 Å². The van der Waals surface area contributed by atoms with Crippen LogP contribution in [-0.4, -0.2) is 49.5 Å². The van der Waals surface area contributed by atoms with Gasteiger partial charge in [0.15, 0.2) is 17.7 Å². The normalized spacial score (nSPS) is 37.7. The Labute approximate surface area is 123 Å². The summed E-state index contributed by atoms with van der Waals surface area (Å²) in [6, 6.07) is 0. The zero-order valence-corrected chi connectivity index (χ0v) is 11.9. The Hall–Kier alpha value is -1.62. The van der Waals surface area contributed by atoms with Crippen LogP contribution < -0.4 is 10.6 Å². The SMILES string of the molecule is Nc1ncnc2c1ncn2C1OC(CO)C2OP(=O)([O-])OC21. The van der Waals surface area contributed by atoms with Crippen LogP contribution in [0.1, 0.15) is 6.23 Å². The van der Waals surface area contributed by atoms with E-state index >= 15 is 0 Å². The molecule has 2 saturated heterocycles. The van der Waals surface area contributed by atoms with Gasteiger partial charge in [-0.15, -0.1) is 0 Å². The van der Waals surface area contributed by atoms with Gasteiger partial charge in [-0.1, -0.05) is 0 Å². The average Bonchev–Trinajstić information content (AvgIpc) is 3.10. The predicted octanol–water partition coefficient (Wildman–Crippen LogP) is -1.45. The fourth-order valence-corrected chi connectivity index (χ4v) is 3.82. The molecule has 2 aromatic heterocycles. The van der Waals surface area contributed by atoms with Gasteiger partial charge in [0.1, 0.15) is 30.2 Å². The van der Waals surface area contributed by atoms with Gasteiger partial charge < -0.3 is 29.5 Å². The maximum atomic E-state index is 11.5. The van der Waals surface area contributed by atoms with Crippen molar-refractivity contribution >= 4 is 24.8 Å². The van der Waals surface area contributed by atoms with E-state index in [1.54, 1.807) is 0 Å². The van der Waals surface area contributed by atoms with Gasteiger partial charge in [-0.05, 0) is 0 Å². The molecule has 4 heterocycles. The third-order valence-corrected chi connectivity index (χ3v) is 4.63. The van der Waals surface area contributed by atoms with Crippen LogP contribution in [0.15, 0.2) is 12.7 Å². The van der Waals surface area contributed by atoms with Crippen LogP contribution in [0.2, 0.25) is 0 Å². The highest BCUT2D eigenvalue weighted by Gasteiger charge is 2.54. The van der Waals surface area contributed by atoms with Gasteiger partial charge in [0.05, 0.1) is 12.9 Å². The Balaban J connectivity index is 1.78. The van der Waals surface area contributed by atoms with E-state index in [1.807, 2.05) is 0 Å². The molecule has 2 fully saturated rings. The standard InChI is InChI=1S/C10H12N5O6P/c11-8-5-9(13-2-12-8)15(3-14-5)10-7-6(4(1-16)19-10)20-22(17,18)21-7/h2-4,6-7,10,16H,1H2,(H,17,18)(H2,11,12,13)/p-1. The van der Waals surface area contributed by atoms with Crippen LogP contribution in [0.3, 0.4) is 0 Å². The topological polar surface area (TPSA) is 158 Å². The molecule has 11 nitrogen and oxygen atoms in total. The number of aliphatic hydroxyl groups excluding tert-OH is 1. The minimum atomic E-state index is -4.41. The number of fused-ring (bicyclic) bond motifs is 2. The predicted molar refractivity (Wildman–Crippen MR) is 68.1 cm³/mol. The van der Waals surface area contributed by atoms with E-state index in [0.717, 1.165) is 0 Å². The van der Waals surface area contributed by atoms with E-state index in [1.165, 1.54) is 17.2 Å². The molecule has 0 aliphatic carbocycles. The smallest absolute Gasteiger partial charge is 0.268 e. The van der Waals surface area contributed by atoms with Gasteiger partial charge in [0.2, 0.25) is 0 Å². The largest absolute Gasteiger partial charge is 0.756 e. The van der Waals surface area contributed by atoms with Crippen molar-refractivity contribution in [3.63, 3.8) is 0 Å². The number of aliphatic hydroxyl groups is 1. The Morgan fingerprint density at radius 3 is 2.91 bits per heavy atom. The number of ether oxygens (including phenoxy) is 1. The van der Waals surface area contributed by atoms with Crippen LogP contribution in [-0.2, 0) is 18.3 Å². The molecular formula is C10H11N5O6P-. The summed E-state index contributed by atoms with van der Waals surface area (Å²) < 4.78 is 28.4. The number of hydrogen-bond donors (Lipinski definition) is 2. The van der Waals surface area contributed by atoms with E-state index < -0.39 is 39.0 Å². The third kappa shape index (κ3) is 1.95. The number of phosphoric acid groups is 1. The second-order valence-corrected chi connectivity index (χ2v) is 6.23. The van der Waals surface area contributed by atoms with Gasteiger partial charge in [0.25, 0.3) is 7.82 Å². The molecule has 4 rings (SSSR count). The fraction of sp³-hybridized carbons (Fsp3) is 0.500. The van der Waals surface area contributed by atoms with Crippen molar-refractivity contribution in [2.24, 2.45) is 0 Å². The molecule has 118 valence electrons. The van der Waals surface area contributed by atoms with Crippen molar-refractivity contribution < 1.29 is 28.3 Å². The van der Waals surface area contributed by atoms with Crippen molar-refractivity contribution in [2.45, 2.75) is 24.5 Å². The third-order valence-electron chi connectivity index (χ3n) is 3.63. The molecule has 5 unspecified atom stereocenters. The van der Waals surface area contributed by atoms with Crippen LogP contribution in [0.5, 0.6) is 0 Å². The van der Waals surface area contributed by atoms with Crippen LogP contribution in [0, 0.1) is 0 Å². The molecule has 0 amide bonds. The van der Waals surface area contributed by atoms with Gasteiger partial charge >= 0.3 is 0 Å². The summed E-state index contributed by atoms with van der Waals surface area (Å²) in [5.41, 5.74) is 6.44. The zero-order valence-electron chi connectivity index (χ0n) is 11.0. The maximum absolute atomic E-state index is 11.5. The van der Waals surface area contributed by atoms with Gasteiger partial charge in [-0.2, -0.15) is 0 Å². The number of rotatable bonds is 2. The number of anilines is 1. The van der Waals surface area contributed by atoms with E-state index in [-0.39, 0.29) is 5.82 Å². The van der Waals surface area contributed by atoms with Crippen molar-refractivity contribution in [3.05, 3.63) is 12.7 Å². The molecule has 22 heavy (non-hydrogen) atoms. The summed E-state index contributed by atoms with van der Waals surface area (Å²) in [5.74, 6) is 0.190. The van der Waals surface area contributed by atoms with E-state index in [4.69, 9.17) is 19.5 Å². The molecule has 0 bridgehead atoms. The monoisotopic (exact) mass is 328 g/mol. The summed E-state index contributed by atoms with van der Waals surface area (Å²) in [4.78, 5) is 23.5. The second kappa shape index (κ2) is 4.69. The molecule has 2 aliphatic heterocycles. The number of aromatic nitrogens is 4. The first-order chi connectivity index (χ1) is 10.5. The highest BCUT2D eigenvalue weighted by atomic mass is 31.2. The lowest BCUT2D eigenvalue weighted by atomic mass is 10.1. The molecule has 3 N–H and O–H groups in total. The molecule has 0 saturated carbocycles. The molecule has 12 heteroatoms. The molecular weight excluding hydrogens is 317 g/mol. The lowest BCUT2D eigenvalue weighted by Gasteiger charge is -2.22. The first-order valence-electron chi connectivity index (χ1n) is 6.37. The quantitative estimate of drug-likeness (QED) is 0.625. The summed E-state index contributed by atoms with van der Waals surface area (Å²) in [7, 11) is -4.41. The molecule has 5 atom stereocenters. The van der Waals surface area contributed by atoms with Gasteiger partial charge in [0, 0.05) is 0 Å². The second-order valence-electron chi connectivity index (χ2n) is 4.92. The summed E-state index contributed by atoms with van der Waals surface area (Å²) in [6.45, 7) is -0.412. The number of phosphoric ester groups is 1. The van der Waals surface area contributed by atoms with Gasteiger partial charge in [-0.25, -0.2) is 15.0 Å². The van der Waals surface area contributed by atoms with Crippen molar-refractivity contribution in [1.29, 1.82) is 0 Å². The highest BCUT2D eigenvalue weighted by molar-refractivity contribution is 7.46. The van der Waals surface area contributed by atoms with Crippen LogP contribution in [0.25, 0.3) is 11.2 Å². The summed E-state index contributed by atoms with van der Waals surface area (Å²) in [5, 5.41) is 9.33. The van der Waals surface area contributed by atoms with Crippen LogP contribution in [0.4, 0.5) is 5.82 Å². The molecule has 0 aromatic carbocycles. The molecule has 0 radical (unpaired) electrons. The number of nitrogens with zero attached hydrogens (tertiary/aromatic N) is 4. The van der Waals surface area contributed by atoms with E-state index in [0.29, 0.717) is 11.2 Å². The average molecular weight is 328 g/mol.